The van der Waals surface area contributed by atoms with Gasteiger partial charge in [0.2, 0.25) is 23.6 Å². The highest BCUT2D eigenvalue weighted by atomic mass is 19.1. The number of nitrogens with one attached hydrogen (secondary N) is 4. The normalized spacial score (nSPS) is 24.3. The van der Waals surface area contributed by atoms with Gasteiger partial charge in [-0.25, -0.2) is 4.39 Å². The van der Waals surface area contributed by atoms with E-state index in [4.69, 9.17) is 4.52 Å². The van der Waals surface area contributed by atoms with E-state index in [1.807, 2.05) is 0 Å². The first kappa shape index (κ1) is 31.3. The molecule has 230 valence electrons. The van der Waals surface area contributed by atoms with E-state index in [2.05, 4.69) is 26.4 Å². The number of amides is 5. The van der Waals surface area contributed by atoms with Gasteiger partial charge in [-0.2, -0.15) is 0 Å². The minimum Gasteiger partial charge on any atom is -0.361 e. The van der Waals surface area contributed by atoms with Crippen LogP contribution in [0.3, 0.4) is 0 Å². The fourth-order valence-electron chi connectivity index (χ4n) is 5.07. The first-order chi connectivity index (χ1) is 20.6. The maximum Gasteiger partial charge on any atom is 0.274 e. The summed E-state index contributed by atoms with van der Waals surface area (Å²) >= 11 is 0. The van der Waals surface area contributed by atoms with E-state index in [0.29, 0.717) is 37.0 Å². The van der Waals surface area contributed by atoms with E-state index in [-0.39, 0.29) is 62.2 Å². The number of aryl methyl sites for hydroxylation is 1. The van der Waals surface area contributed by atoms with Gasteiger partial charge in [-0.3, -0.25) is 24.0 Å². The Labute approximate surface area is 247 Å². The molecule has 4 atom stereocenters. The van der Waals surface area contributed by atoms with Crippen molar-refractivity contribution in [1.82, 2.24) is 31.3 Å². The average molecular weight is 599 g/mol. The van der Waals surface area contributed by atoms with Gasteiger partial charge in [-0.1, -0.05) is 17.3 Å². The molecule has 0 spiro atoms. The Morgan fingerprint density at radius 3 is 2.56 bits per heavy atom. The van der Waals surface area contributed by atoms with E-state index in [1.165, 1.54) is 30.3 Å². The number of hydrogen-bond donors (Lipinski definition) is 4. The molecule has 5 amide bonds. The Morgan fingerprint density at radius 1 is 1.09 bits per heavy atom. The molecule has 1 aromatic heterocycles. The van der Waals surface area contributed by atoms with Gasteiger partial charge in [0.05, 0.1) is 12.0 Å². The minimum atomic E-state index is -1.21. The number of aldehydes is 1. The lowest BCUT2D eigenvalue weighted by Crippen LogP contribution is -2.56. The van der Waals surface area contributed by atoms with Crippen LogP contribution in [0.5, 0.6) is 0 Å². The van der Waals surface area contributed by atoms with Gasteiger partial charge in [-0.15, -0.1) is 0 Å². The largest absolute Gasteiger partial charge is 0.361 e. The molecule has 0 aliphatic carbocycles. The van der Waals surface area contributed by atoms with Crippen molar-refractivity contribution >= 4 is 35.8 Å². The van der Waals surface area contributed by atoms with Crippen LogP contribution in [0.25, 0.3) is 0 Å². The van der Waals surface area contributed by atoms with Gasteiger partial charge >= 0.3 is 0 Å². The van der Waals surface area contributed by atoms with E-state index >= 15 is 0 Å². The summed E-state index contributed by atoms with van der Waals surface area (Å²) in [4.78, 5) is 78.6. The van der Waals surface area contributed by atoms with E-state index < -0.39 is 41.7 Å². The van der Waals surface area contributed by atoms with Gasteiger partial charge in [0.15, 0.2) is 5.69 Å². The van der Waals surface area contributed by atoms with Crippen molar-refractivity contribution in [3.05, 3.63) is 53.2 Å². The van der Waals surface area contributed by atoms with E-state index in [1.54, 1.807) is 11.8 Å². The van der Waals surface area contributed by atoms with Crippen molar-refractivity contribution in [2.45, 2.75) is 63.6 Å². The molecule has 0 radical (unpaired) electrons. The molecule has 2 fully saturated rings. The summed E-state index contributed by atoms with van der Waals surface area (Å²) in [6.07, 6.45) is 1.37. The third kappa shape index (κ3) is 8.69. The van der Waals surface area contributed by atoms with Crippen molar-refractivity contribution in [1.29, 1.82) is 0 Å². The van der Waals surface area contributed by atoms with E-state index in [9.17, 15) is 33.2 Å². The number of aromatic nitrogens is 1. The van der Waals surface area contributed by atoms with Gasteiger partial charge in [0, 0.05) is 38.5 Å². The number of halogens is 1. The predicted octanol–water partition coefficient (Wildman–Crippen LogP) is 0.170. The second kappa shape index (κ2) is 14.5. The van der Waals surface area contributed by atoms with Crippen molar-refractivity contribution in [2.75, 3.05) is 19.6 Å². The van der Waals surface area contributed by atoms with Crippen LogP contribution < -0.4 is 21.3 Å². The summed E-state index contributed by atoms with van der Waals surface area (Å²) in [5.74, 6) is -2.94. The highest BCUT2D eigenvalue weighted by molar-refractivity contribution is 5.97. The number of rotatable bonds is 5. The second-order valence-corrected chi connectivity index (χ2v) is 10.8. The molecule has 2 bridgehead atoms. The monoisotopic (exact) mass is 598 g/mol. The van der Waals surface area contributed by atoms with Crippen molar-refractivity contribution in [3.63, 3.8) is 0 Å². The van der Waals surface area contributed by atoms with Crippen LogP contribution in [-0.2, 0) is 30.4 Å². The molecule has 4 N–H and O–H groups in total. The first-order valence-electron chi connectivity index (χ1n) is 14.2. The number of carbonyl (C=O) groups excluding carboxylic acids is 6. The number of nitrogens with zero attached hydrogens (tertiary/aromatic N) is 2. The highest BCUT2D eigenvalue weighted by Gasteiger charge is 2.33. The first-order valence-corrected chi connectivity index (χ1v) is 14.2. The predicted molar refractivity (Wildman–Crippen MR) is 149 cm³/mol. The zero-order valence-electron chi connectivity index (χ0n) is 23.8. The molecule has 0 saturated carbocycles. The molecule has 4 unspecified atom stereocenters. The van der Waals surface area contributed by atoms with Crippen LogP contribution in [-0.4, -0.2) is 83.6 Å². The molecule has 1 aromatic carbocycles. The van der Waals surface area contributed by atoms with Gasteiger partial charge in [-0.05, 0) is 50.3 Å². The summed E-state index contributed by atoms with van der Waals surface area (Å²) in [6, 6.07) is 3.44. The molecular formula is C29H35FN6O7. The fourth-order valence-corrected chi connectivity index (χ4v) is 5.07. The Bertz CT molecular complexity index is 1350. The summed E-state index contributed by atoms with van der Waals surface area (Å²) in [5.41, 5.74) is 0.500. The standard InChI is InChI=1S/C29H35FN6O7/c1-17-13-24(35-43-17)29(42)33-22-3-2-11-31-26(39)19-10-12-36(15-19)25(38)9-8-21(16-37)32-28(41)23(34-27(22)40)14-18-4-6-20(30)7-5-18/h4-7,13,16,19,21-23H,2-3,8-12,14-15H2,1H3,(H,31,39)(H,32,41)(H,33,42)(H,34,40). The number of carbonyl (C=O) groups is 6. The molecule has 2 saturated heterocycles. The molecule has 2 aliphatic rings. The van der Waals surface area contributed by atoms with E-state index in [0.717, 1.165) is 0 Å². The van der Waals surface area contributed by atoms with Gasteiger partial charge < -0.3 is 35.5 Å². The zero-order chi connectivity index (χ0) is 30.9. The van der Waals surface area contributed by atoms with Crippen LogP contribution in [0.2, 0.25) is 0 Å². The molecule has 14 heteroatoms. The quantitative estimate of drug-likeness (QED) is 0.352. The lowest BCUT2D eigenvalue weighted by molar-refractivity contribution is -0.132. The summed E-state index contributed by atoms with van der Waals surface area (Å²) in [6.45, 7) is 2.48. The third-order valence-corrected chi connectivity index (χ3v) is 7.51. The Hall–Kier alpha value is -4.62. The SMILES string of the molecule is Cc1cc(C(=O)NC2CCCNC(=O)C3CCN(C3)C(=O)CCC(C=O)NC(=O)C(Cc3ccc(F)cc3)NC2=O)no1. The fraction of sp³-hybridized carbons (Fsp3) is 0.483. The van der Waals surface area contributed by atoms with Crippen LogP contribution >= 0.6 is 0 Å². The van der Waals surface area contributed by atoms with Gasteiger partial charge in [0.25, 0.3) is 5.91 Å². The Morgan fingerprint density at radius 2 is 1.86 bits per heavy atom. The number of hydrogen-bond acceptors (Lipinski definition) is 8. The Balaban J connectivity index is 1.57. The number of benzene rings is 1. The lowest BCUT2D eigenvalue weighted by Gasteiger charge is -2.25. The maximum atomic E-state index is 13.5. The van der Waals surface area contributed by atoms with Crippen molar-refractivity contribution in [2.24, 2.45) is 5.92 Å². The average Bonchev–Trinajstić information content (AvgIpc) is 3.66. The summed E-state index contributed by atoms with van der Waals surface area (Å²) in [7, 11) is 0. The zero-order valence-corrected chi connectivity index (χ0v) is 23.8. The van der Waals surface area contributed by atoms with Gasteiger partial charge in [0.1, 0.15) is 29.9 Å². The number of fused-ring (bicyclic) bond motifs is 2. The second-order valence-electron chi connectivity index (χ2n) is 10.8. The minimum absolute atomic E-state index is 0.0223. The molecule has 2 aromatic rings. The maximum absolute atomic E-state index is 13.5. The third-order valence-electron chi connectivity index (χ3n) is 7.51. The van der Waals surface area contributed by atoms with Crippen molar-refractivity contribution in [3.8, 4) is 0 Å². The molecule has 3 heterocycles. The topological polar surface area (TPSA) is 180 Å². The highest BCUT2D eigenvalue weighted by Crippen LogP contribution is 2.18. The molecule has 4 rings (SSSR count). The smallest absolute Gasteiger partial charge is 0.274 e. The molecule has 2 aliphatic heterocycles. The molecular weight excluding hydrogens is 563 g/mol. The van der Waals surface area contributed by atoms with Crippen LogP contribution in [0, 0.1) is 18.7 Å². The molecule has 43 heavy (non-hydrogen) atoms. The lowest BCUT2D eigenvalue weighted by atomic mass is 10.0. The van der Waals surface area contributed by atoms with Crippen LogP contribution in [0.15, 0.2) is 34.9 Å². The Kier molecular flexibility index (Phi) is 10.6. The molecule has 13 nitrogen and oxygen atoms in total. The summed E-state index contributed by atoms with van der Waals surface area (Å²) in [5, 5.41) is 14.4. The van der Waals surface area contributed by atoms with Crippen molar-refractivity contribution < 1.29 is 37.7 Å². The summed E-state index contributed by atoms with van der Waals surface area (Å²) < 4.78 is 18.5. The van der Waals surface area contributed by atoms with Crippen LogP contribution in [0.4, 0.5) is 4.39 Å². The van der Waals surface area contributed by atoms with Crippen LogP contribution in [0.1, 0.15) is 53.9 Å².